The fourth-order valence-corrected chi connectivity index (χ4v) is 2.49. The minimum atomic E-state index is -0.639. The first-order valence-corrected chi connectivity index (χ1v) is 6.91. The summed E-state index contributed by atoms with van der Waals surface area (Å²) >= 11 is 0. The molecular weight excluding hydrogens is 282 g/mol. The van der Waals surface area contributed by atoms with E-state index in [0.717, 1.165) is 10.9 Å². The van der Waals surface area contributed by atoms with Crippen molar-refractivity contribution in [3.05, 3.63) is 51.8 Å². The second kappa shape index (κ2) is 5.14. The van der Waals surface area contributed by atoms with Gasteiger partial charge >= 0.3 is 5.97 Å². The molecule has 0 radical (unpaired) electrons. The summed E-state index contributed by atoms with van der Waals surface area (Å²) in [6.07, 6.45) is 0. The zero-order valence-corrected chi connectivity index (χ0v) is 12.3. The van der Waals surface area contributed by atoms with E-state index >= 15 is 0 Å². The molecule has 112 valence electrons. The number of aryl methyl sites for hydroxylation is 1. The highest BCUT2D eigenvalue weighted by atomic mass is 16.5. The lowest BCUT2D eigenvalue weighted by Crippen LogP contribution is -2.24. The minimum absolute atomic E-state index is 0.0197. The quantitative estimate of drug-likeness (QED) is 0.577. The predicted molar refractivity (Wildman–Crippen MR) is 84.1 cm³/mol. The van der Waals surface area contributed by atoms with Crippen LogP contribution in [0.15, 0.2) is 35.1 Å². The van der Waals surface area contributed by atoms with Crippen molar-refractivity contribution in [1.29, 1.82) is 0 Å². The largest absolute Gasteiger partial charge is 0.462 e. The number of anilines is 1. The fourth-order valence-electron chi connectivity index (χ4n) is 2.49. The van der Waals surface area contributed by atoms with Crippen LogP contribution in [0.25, 0.3) is 16.6 Å². The molecule has 0 amide bonds. The molecule has 3 aromatic heterocycles. The van der Waals surface area contributed by atoms with E-state index in [1.54, 1.807) is 19.1 Å². The van der Waals surface area contributed by atoms with Crippen molar-refractivity contribution >= 4 is 28.3 Å². The van der Waals surface area contributed by atoms with Crippen molar-refractivity contribution in [3.8, 4) is 0 Å². The maximum atomic E-state index is 12.7. The molecule has 6 heteroatoms. The molecule has 0 aromatic carbocycles. The molecule has 0 aliphatic rings. The first-order valence-electron chi connectivity index (χ1n) is 6.91. The van der Waals surface area contributed by atoms with Gasteiger partial charge in [-0.05, 0) is 49.7 Å². The number of carbonyl (C=O) groups excluding carboxylic acids is 1. The van der Waals surface area contributed by atoms with E-state index in [1.807, 2.05) is 19.1 Å². The number of ether oxygens (including phenoxy) is 1. The number of nitrogens with zero attached hydrogens (tertiary/aromatic N) is 2. The molecule has 0 unspecified atom stereocenters. The predicted octanol–water partition coefficient (Wildman–Crippen LogP) is 1.92. The van der Waals surface area contributed by atoms with E-state index in [4.69, 9.17) is 10.5 Å². The van der Waals surface area contributed by atoms with Crippen molar-refractivity contribution in [1.82, 2.24) is 9.38 Å². The summed E-state index contributed by atoms with van der Waals surface area (Å²) in [6.45, 7) is 3.84. The molecule has 0 bridgehead atoms. The number of nitrogen functional groups attached to an aromatic ring is 1. The van der Waals surface area contributed by atoms with Crippen LogP contribution in [-0.2, 0) is 4.74 Å². The maximum absolute atomic E-state index is 12.7. The topological polar surface area (TPSA) is 86.7 Å². The first kappa shape index (κ1) is 14.1. The van der Waals surface area contributed by atoms with E-state index in [-0.39, 0.29) is 12.2 Å². The SMILES string of the molecule is CCOC(=O)c1ccc2cc(C)c3ccc(N)nc3n2c1=O. The standard InChI is InChI=1S/C16H15N3O3/c1-3-22-16(21)12-5-4-10-8-9(2)11-6-7-13(17)18-14(11)19(10)15(12)20/h4-8H,3H2,1-2H3,(H2,17,18). The summed E-state index contributed by atoms with van der Waals surface area (Å²) in [6, 6.07) is 8.55. The molecule has 0 saturated carbocycles. The number of carbonyl (C=O) groups is 1. The Morgan fingerprint density at radius 2 is 2.09 bits per heavy atom. The van der Waals surface area contributed by atoms with Crippen LogP contribution < -0.4 is 11.3 Å². The number of aromatic nitrogens is 2. The Balaban J connectivity index is 2.45. The average molecular weight is 297 g/mol. The Morgan fingerprint density at radius 3 is 2.82 bits per heavy atom. The number of hydrogen-bond acceptors (Lipinski definition) is 5. The van der Waals surface area contributed by atoms with Gasteiger partial charge in [0.2, 0.25) is 0 Å². The first-order chi connectivity index (χ1) is 10.5. The van der Waals surface area contributed by atoms with Crippen molar-refractivity contribution in [2.75, 3.05) is 12.3 Å². The van der Waals surface area contributed by atoms with Gasteiger partial charge in [0, 0.05) is 5.39 Å². The summed E-state index contributed by atoms with van der Waals surface area (Å²) in [5.41, 5.74) is 7.33. The highest BCUT2D eigenvalue weighted by molar-refractivity contribution is 5.91. The van der Waals surface area contributed by atoms with Gasteiger partial charge in [0.1, 0.15) is 17.0 Å². The molecule has 0 spiro atoms. The van der Waals surface area contributed by atoms with Gasteiger partial charge in [-0.2, -0.15) is 0 Å². The Labute approximate surface area is 126 Å². The third-order valence-corrected chi connectivity index (χ3v) is 3.51. The van der Waals surface area contributed by atoms with Gasteiger partial charge in [-0.25, -0.2) is 9.78 Å². The van der Waals surface area contributed by atoms with Gasteiger partial charge in [-0.15, -0.1) is 0 Å². The minimum Gasteiger partial charge on any atom is -0.462 e. The summed E-state index contributed by atoms with van der Waals surface area (Å²) in [5, 5.41) is 0.810. The zero-order valence-electron chi connectivity index (χ0n) is 12.3. The highest BCUT2D eigenvalue weighted by Gasteiger charge is 2.16. The zero-order chi connectivity index (χ0) is 15.9. The number of pyridine rings is 3. The Morgan fingerprint density at radius 1 is 1.32 bits per heavy atom. The van der Waals surface area contributed by atoms with Gasteiger partial charge in [0.25, 0.3) is 5.56 Å². The number of nitrogens with two attached hydrogens (primary N) is 1. The summed E-state index contributed by atoms with van der Waals surface area (Å²) in [5.74, 6) is -0.327. The van der Waals surface area contributed by atoms with Crippen LogP contribution in [0, 0.1) is 6.92 Å². The lowest BCUT2D eigenvalue weighted by molar-refractivity contribution is 0.0524. The molecule has 0 aliphatic heterocycles. The van der Waals surface area contributed by atoms with Crippen LogP contribution in [0.3, 0.4) is 0 Å². The Hall–Kier alpha value is -2.89. The molecule has 3 heterocycles. The highest BCUT2D eigenvalue weighted by Crippen LogP contribution is 2.20. The second-order valence-corrected chi connectivity index (χ2v) is 4.97. The van der Waals surface area contributed by atoms with Crippen LogP contribution >= 0.6 is 0 Å². The van der Waals surface area contributed by atoms with E-state index in [9.17, 15) is 9.59 Å². The third-order valence-electron chi connectivity index (χ3n) is 3.51. The normalized spacial score (nSPS) is 11.0. The van der Waals surface area contributed by atoms with Gasteiger partial charge in [-0.1, -0.05) is 0 Å². The number of fused-ring (bicyclic) bond motifs is 3. The van der Waals surface area contributed by atoms with Crippen molar-refractivity contribution < 1.29 is 9.53 Å². The molecule has 0 aliphatic carbocycles. The molecule has 2 N–H and O–H groups in total. The van der Waals surface area contributed by atoms with Crippen LogP contribution in [0.1, 0.15) is 22.8 Å². The molecule has 3 rings (SSSR count). The monoisotopic (exact) mass is 297 g/mol. The fraction of sp³-hybridized carbons (Fsp3) is 0.188. The van der Waals surface area contributed by atoms with Crippen molar-refractivity contribution in [2.45, 2.75) is 13.8 Å². The molecule has 0 atom stereocenters. The smallest absolute Gasteiger partial charge is 0.343 e. The lowest BCUT2D eigenvalue weighted by Gasteiger charge is -2.10. The molecule has 0 saturated heterocycles. The van der Waals surface area contributed by atoms with Crippen molar-refractivity contribution in [2.24, 2.45) is 0 Å². The lowest BCUT2D eigenvalue weighted by atomic mass is 10.1. The number of rotatable bonds is 2. The van der Waals surface area contributed by atoms with Gasteiger partial charge in [-0.3, -0.25) is 9.20 Å². The van der Waals surface area contributed by atoms with Crippen LogP contribution in [0.2, 0.25) is 0 Å². The average Bonchev–Trinajstić information content (AvgIpc) is 2.47. The summed E-state index contributed by atoms with van der Waals surface area (Å²) in [7, 11) is 0. The molecule has 3 aromatic rings. The summed E-state index contributed by atoms with van der Waals surface area (Å²) < 4.78 is 6.31. The molecule has 6 nitrogen and oxygen atoms in total. The van der Waals surface area contributed by atoms with Gasteiger partial charge in [0.05, 0.1) is 12.1 Å². The van der Waals surface area contributed by atoms with Crippen LogP contribution in [0.4, 0.5) is 5.82 Å². The van der Waals surface area contributed by atoms with Gasteiger partial charge < -0.3 is 10.5 Å². The molecular formula is C16H15N3O3. The van der Waals surface area contributed by atoms with Crippen LogP contribution in [-0.4, -0.2) is 22.0 Å². The van der Waals surface area contributed by atoms with E-state index < -0.39 is 11.5 Å². The van der Waals surface area contributed by atoms with Gasteiger partial charge in [0.15, 0.2) is 0 Å². The van der Waals surface area contributed by atoms with E-state index in [0.29, 0.717) is 17.0 Å². The van der Waals surface area contributed by atoms with E-state index in [1.165, 1.54) is 10.5 Å². The third kappa shape index (κ3) is 2.09. The summed E-state index contributed by atoms with van der Waals surface area (Å²) in [4.78, 5) is 28.8. The number of esters is 1. The second-order valence-electron chi connectivity index (χ2n) is 4.97. The Kier molecular flexibility index (Phi) is 3.29. The molecule has 22 heavy (non-hydrogen) atoms. The van der Waals surface area contributed by atoms with E-state index in [2.05, 4.69) is 4.98 Å². The Bertz CT molecular complexity index is 960. The number of hydrogen-bond donors (Lipinski definition) is 1. The van der Waals surface area contributed by atoms with Crippen molar-refractivity contribution in [3.63, 3.8) is 0 Å². The maximum Gasteiger partial charge on any atom is 0.343 e. The van der Waals surface area contributed by atoms with Crippen LogP contribution in [0.5, 0.6) is 0 Å². The molecule has 0 fully saturated rings.